The molecule has 5 nitrogen and oxygen atoms in total. The van der Waals surface area contributed by atoms with Gasteiger partial charge < -0.3 is 0 Å². The minimum Gasteiger partial charge on any atom is -0.276 e. The maximum atomic E-state index is 12.7. The van der Waals surface area contributed by atoms with Gasteiger partial charge in [-0.3, -0.25) is 9.40 Å². The maximum Gasteiger partial charge on any atom is 0.262 e. The summed E-state index contributed by atoms with van der Waals surface area (Å²) in [5.41, 5.74) is 2.65. The van der Waals surface area contributed by atoms with E-state index in [1.165, 1.54) is 6.20 Å². The van der Waals surface area contributed by atoms with E-state index in [0.717, 1.165) is 11.1 Å². The Morgan fingerprint density at radius 1 is 1.12 bits per heavy atom. The number of sulfonamides is 1. The third-order valence-corrected chi connectivity index (χ3v) is 6.13. The summed E-state index contributed by atoms with van der Waals surface area (Å²) in [7, 11) is -3.70. The van der Waals surface area contributed by atoms with Crippen molar-refractivity contribution in [3.8, 4) is 0 Å². The summed E-state index contributed by atoms with van der Waals surface area (Å²) in [6.45, 7) is 3.95. The molecular formula is C18H17Cl2N3O2S. The summed E-state index contributed by atoms with van der Waals surface area (Å²) >= 11 is 12.3. The third kappa shape index (κ3) is 4.03. The topological polar surface area (TPSA) is 64.0 Å². The Bertz CT molecular complexity index is 1040. The van der Waals surface area contributed by atoms with Crippen molar-refractivity contribution in [2.24, 2.45) is 0 Å². The molecule has 3 rings (SSSR count). The summed E-state index contributed by atoms with van der Waals surface area (Å²) < 4.78 is 29.5. The van der Waals surface area contributed by atoms with Crippen LogP contribution in [0.15, 0.2) is 53.7 Å². The van der Waals surface area contributed by atoms with Gasteiger partial charge in [0, 0.05) is 21.8 Å². The SMILES string of the molecule is Cc1ccc(C)c(S(=O)(=O)Nc2cnn(Cc3c(Cl)cccc3Cl)c2)c1. The van der Waals surface area contributed by atoms with Gasteiger partial charge in [-0.25, -0.2) is 8.42 Å². The Morgan fingerprint density at radius 3 is 2.50 bits per heavy atom. The smallest absolute Gasteiger partial charge is 0.262 e. The highest BCUT2D eigenvalue weighted by molar-refractivity contribution is 7.92. The van der Waals surface area contributed by atoms with Gasteiger partial charge in [-0.05, 0) is 43.2 Å². The Morgan fingerprint density at radius 2 is 1.81 bits per heavy atom. The number of anilines is 1. The van der Waals surface area contributed by atoms with Crippen molar-refractivity contribution < 1.29 is 8.42 Å². The first-order valence-corrected chi connectivity index (χ1v) is 10.1. The Hall–Kier alpha value is -2.02. The lowest BCUT2D eigenvalue weighted by atomic mass is 10.2. The van der Waals surface area contributed by atoms with Crippen molar-refractivity contribution in [2.45, 2.75) is 25.3 Å². The van der Waals surface area contributed by atoms with Crippen LogP contribution in [-0.2, 0) is 16.6 Å². The fraction of sp³-hybridized carbons (Fsp3) is 0.167. The minimum absolute atomic E-state index is 0.249. The molecule has 0 aliphatic carbocycles. The molecule has 136 valence electrons. The van der Waals surface area contributed by atoms with Crippen LogP contribution in [0.2, 0.25) is 10.0 Å². The predicted molar refractivity (Wildman–Crippen MR) is 105 cm³/mol. The molecule has 0 radical (unpaired) electrons. The van der Waals surface area contributed by atoms with E-state index in [9.17, 15) is 8.42 Å². The van der Waals surface area contributed by atoms with Gasteiger partial charge in [0.05, 0.1) is 23.3 Å². The number of rotatable bonds is 5. The highest BCUT2D eigenvalue weighted by atomic mass is 35.5. The molecule has 0 bridgehead atoms. The molecule has 1 aromatic heterocycles. The molecule has 0 spiro atoms. The second-order valence-electron chi connectivity index (χ2n) is 6.00. The van der Waals surface area contributed by atoms with Crippen LogP contribution in [0.3, 0.4) is 0 Å². The zero-order valence-corrected chi connectivity index (χ0v) is 16.5. The molecule has 0 saturated carbocycles. The van der Waals surface area contributed by atoms with Gasteiger partial charge in [0.2, 0.25) is 0 Å². The minimum atomic E-state index is -3.70. The molecule has 0 unspecified atom stereocenters. The average molecular weight is 410 g/mol. The molecule has 0 aliphatic rings. The van der Waals surface area contributed by atoms with Gasteiger partial charge in [-0.15, -0.1) is 0 Å². The number of benzene rings is 2. The van der Waals surface area contributed by atoms with Crippen LogP contribution in [0.1, 0.15) is 16.7 Å². The van der Waals surface area contributed by atoms with Crippen LogP contribution in [-0.4, -0.2) is 18.2 Å². The van der Waals surface area contributed by atoms with Crippen LogP contribution in [0, 0.1) is 13.8 Å². The van der Waals surface area contributed by atoms with Gasteiger partial charge in [-0.1, -0.05) is 41.4 Å². The van der Waals surface area contributed by atoms with E-state index in [1.807, 2.05) is 13.0 Å². The van der Waals surface area contributed by atoms with Crippen molar-refractivity contribution in [1.29, 1.82) is 0 Å². The first kappa shape index (κ1) is 18.8. The number of hydrogen-bond donors (Lipinski definition) is 1. The quantitative estimate of drug-likeness (QED) is 0.666. The zero-order chi connectivity index (χ0) is 18.9. The molecule has 0 saturated heterocycles. The van der Waals surface area contributed by atoms with E-state index >= 15 is 0 Å². The highest BCUT2D eigenvalue weighted by Gasteiger charge is 2.18. The van der Waals surface area contributed by atoms with Gasteiger partial charge in [-0.2, -0.15) is 5.10 Å². The number of hydrogen-bond acceptors (Lipinski definition) is 3. The number of aryl methyl sites for hydroxylation is 2. The summed E-state index contributed by atoms with van der Waals surface area (Å²) in [5.74, 6) is 0. The molecule has 2 aromatic carbocycles. The summed E-state index contributed by atoms with van der Waals surface area (Å²) in [4.78, 5) is 0.249. The second kappa shape index (κ2) is 7.31. The van der Waals surface area contributed by atoms with Gasteiger partial charge in [0.25, 0.3) is 10.0 Å². The fourth-order valence-electron chi connectivity index (χ4n) is 2.56. The number of nitrogens with one attached hydrogen (secondary N) is 1. The van der Waals surface area contributed by atoms with Crippen LogP contribution < -0.4 is 4.72 Å². The first-order valence-electron chi connectivity index (χ1n) is 7.82. The molecule has 0 amide bonds. The van der Waals surface area contributed by atoms with Crippen molar-refractivity contribution in [1.82, 2.24) is 9.78 Å². The monoisotopic (exact) mass is 409 g/mol. The lowest BCUT2D eigenvalue weighted by molar-refractivity contribution is 0.600. The van der Waals surface area contributed by atoms with Crippen molar-refractivity contribution >= 4 is 38.9 Å². The molecular weight excluding hydrogens is 393 g/mol. The Labute approximate surface area is 162 Å². The van der Waals surface area contributed by atoms with E-state index in [4.69, 9.17) is 23.2 Å². The highest BCUT2D eigenvalue weighted by Crippen LogP contribution is 2.26. The maximum absolute atomic E-state index is 12.7. The van der Waals surface area contributed by atoms with Gasteiger partial charge in [0.1, 0.15) is 0 Å². The molecule has 1 N–H and O–H groups in total. The number of halogens is 2. The third-order valence-electron chi connectivity index (χ3n) is 3.90. The van der Waals surface area contributed by atoms with E-state index in [0.29, 0.717) is 27.8 Å². The Balaban J connectivity index is 1.83. The van der Waals surface area contributed by atoms with Crippen LogP contribution in [0.25, 0.3) is 0 Å². The largest absolute Gasteiger partial charge is 0.276 e. The van der Waals surface area contributed by atoms with E-state index < -0.39 is 10.0 Å². The van der Waals surface area contributed by atoms with Crippen LogP contribution in [0.4, 0.5) is 5.69 Å². The number of nitrogens with zero attached hydrogens (tertiary/aromatic N) is 2. The predicted octanol–water partition coefficient (Wildman–Crippen LogP) is 4.66. The second-order valence-corrected chi connectivity index (χ2v) is 8.47. The molecule has 0 aliphatic heterocycles. The summed E-state index contributed by atoms with van der Waals surface area (Å²) in [6.07, 6.45) is 3.05. The lowest BCUT2D eigenvalue weighted by Gasteiger charge is -2.10. The number of aromatic nitrogens is 2. The molecule has 8 heteroatoms. The molecule has 26 heavy (non-hydrogen) atoms. The molecule has 1 heterocycles. The fourth-order valence-corrected chi connectivity index (χ4v) is 4.43. The summed E-state index contributed by atoms with van der Waals surface area (Å²) in [5, 5.41) is 5.25. The van der Waals surface area contributed by atoms with E-state index in [2.05, 4.69) is 9.82 Å². The zero-order valence-electron chi connectivity index (χ0n) is 14.2. The van der Waals surface area contributed by atoms with Crippen molar-refractivity contribution in [2.75, 3.05) is 4.72 Å². The standard InChI is InChI=1S/C18H17Cl2N3O2S/c1-12-6-7-13(2)18(8-12)26(24,25)22-14-9-21-23(10-14)11-15-16(19)4-3-5-17(15)20/h3-10,22H,11H2,1-2H3. The van der Waals surface area contributed by atoms with Gasteiger partial charge in [0.15, 0.2) is 0 Å². The molecule has 0 atom stereocenters. The van der Waals surface area contributed by atoms with Crippen molar-refractivity contribution in [3.63, 3.8) is 0 Å². The van der Waals surface area contributed by atoms with Crippen molar-refractivity contribution in [3.05, 3.63) is 75.5 Å². The Kier molecular flexibility index (Phi) is 5.27. The van der Waals surface area contributed by atoms with Crippen LogP contribution in [0.5, 0.6) is 0 Å². The molecule has 3 aromatic rings. The normalized spacial score (nSPS) is 11.5. The first-order chi connectivity index (χ1) is 12.3. The van der Waals surface area contributed by atoms with E-state index in [-0.39, 0.29) is 4.90 Å². The van der Waals surface area contributed by atoms with Gasteiger partial charge >= 0.3 is 0 Å². The summed E-state index contributed by atoms with van der Waals surface area (Å²) in [6, 6.07) is 10.6. The molecule has 0 fully saturated rings. The van der Waals surface area contributed by atoms with E-state index in [1.54, 1.807) is 48.1 Å². The lowest BCUT2D eigenvalue weighted by Crippen LogP contribution is -2.14. The average Bonchev–Trinajstić information content (AvgIpc) is 2.99. The van der Waals surface area contributed by atoms with Crippen LogP contribution >= 0.6 is 23.2 Å².